The Morgan fingerprint density at radius 1 is 0.912 bits per heavy atom. The number of para-hydroxylation sites is 1. The largest absolute Gasteiger partial charge is 0.353 e. The maximum absolute atomic E-state index is 4.87. The number of aryl methyl sites for hydroxylation is 1. The van der Waals surface area contributed by atoms with E-state index in [9.17, 15) is 0 Å². The van der Waals surface area contributed by atoms with Crippen LogP contribution in [0.4, 0.5) is 0 Å². The van der Waals surface area contributed by atoms with E-state index in [0.29, 0.717) is 6.04 Å². The van der Waals surface area contributed by atoms with E-state index in [1.165, 1.54) is 65.3 Å². The number of unbranched alkanes of at least 4 members (excludes halogenated alkanes) is 1. The molecule has 0 radical (unpaired) electrons. The molecule has 0 saturated heterocycles. The van der Waals surface area contributed by atoms with Crippen LogP contribution < -0.4 is 0 Å². The Labute approximate surface area is 203 Å². The number of nitrogens with zero attached hydrogens (tertiary/aromatic N) is 4. The van der Waals surface area contributed by atoms with Crippen LogP contribution in [0.5, 0.6) is 0 Å². The normalized spacial score (nSPS) is 16.1. The molecule has 0 bridgehead atoms. The summed E-state index contributed by atoms with van der Waals surface area (Å²) in [6.45, 7) is 9.87. The van der Waals surface area contributed by atoms with E-state index >= 15 is 0 Å². The lowest BCUT2D eigenvalue weighted by Gasteiger charge is -2.35. The highest BCUT2D eigenvalue weighted by molar-refractivity contribution is 6.07. The van der Waals surface area contributed by atoms with Crippen molar-refractivity contribution in [2.75, 3.05) is 26.2 Å². The number of nitrogens with one attached hydrogen (secondary N) is 1. The smallest absolute Gasteiger partial charge is 0.0784 e. The van der Waals surface area contributed by atoms with Crippen molar-refractivity contribution >= 4 is 21.8 Å². The third-order valence-electron chi connectivity index (χ3n) is 7.53. The van der Waals surface area contributed by atoms with Crippen LogP contribution in [0.1, 0.15) is 62.5 Å². The van der Waals surface area contributed by atoms with Crippen molar-refractivity contribution in [1.82, 2.24) is 24.8 Å². The van der Waals surface area contributed by atoms with Gasteiger partial charge in [0.2, 0.25) is 0 Å². The van der Waals surface area contributed by atoms with Gasteiger partial charge in [-0.25, -0.2) is 0 Å². The number of H-pyrrole nitrogens is 1. The molecule has 5 heteroatoms. The lowest BCUT2D eigenvalue weighted by atomic mass is 9.90. The Hall–Kier alpha value is -2.76. The van der Waals surface area contributed by atoms with Crippen LogP contribution in [-0.4, -0.2) is 50.9 Å². The van der Waals surface area contributed by atoms with E-state index in [1.54, 1.807) is 0 Å². The Bertz CT molecular complexity index is 1230. The maximum Gasteiger partial charge on any atom is 0.0784 e. The Morgan fingerprint density at radius 3 is 2.65 bits per heavy atom. The van der Waals surface area contributed by atoms with Gasteiger partial charge in [0.25, 0.3) is 0 Å². The molecule has 3 aromatic heterocycles. The minimum Gasteiger partial charge on any atom is -0.353 e. The number of hydrogen-bond donors (Lipinski definition) is 1. The fourth-order valence-electron chi connectivity index (χ4n) is 5.62. The van der Waals surface area contributed by atoms with Gasteiger partial charge in [-0.1, -0.05) is 38.1 Å². The molecule has 5 rings (SSSR count). The molecule has 0 amide bonds. The van der Waals surface area contributed by atoms with Gasteiger partial charge in [-0.3, -0.25) is 14.9 Å². The summed E-state index contributed by atoms with van der Waals surface area (Å²) < 4.78 is 0. The molecule has 34 heavy (non-hydrogen) atoms. The lowest BCUT2D eigenvalue weighted by molar-refractivity contribution is 0.158. The fraction of sp³-hybridized carbons (Fsp3) is 0.448. The second kappa shape index (κ2) is 10.7. The van der Waals surface area contributed by atoms with Crippen molar-refractivity contribution < 1.29 is 0 Å². The van der Waals surface area contributed by atoms with E-state index < -0.39 is 0 Å². The van der Waals surface area contributed by atoms with Gasteiger partial charge in [0.1, 0.15) is 0 Å². The molecule has 0 aliphatic heterocycles. The number of aromatic nitrogens is 3. The molecule has 1 N–H and O–H groups in total. The lowest BCUT2D eigenvalue weighted by Crippen LogP contribution is -2.33. The second-order valence-corrected chi connectivity index (χ2v) is 9.51. The van der Waals surface area contributed by atoms with Crippen molar-refractivity contribution in [1.29, 1.82) is 0 Å². The predicted octanol–water partition coefficient (Wildman–Crippen LogP) is 6.11. The summed E-state index contributed by atoms with van der Waals surface area (Å²) in [5.41, 5.74) is 6.20. The first-order valence-corrected chi connectivity index (χ1v) is 13.0. The standard InChI is InChI=1S/C29H37N5/c1-3-33(4-2)19-7-8-20-34(27-15-9-11-22-12-10-17-31-28(22)27)21-26-29-24(16-18-30-26)23-13-5-6-14-25(23)32-29/h5-6,10,12-14,16-18,27,32H,3-4,7-9,11,15,19-21H2,1-2H3. The van der Waals surface area contributed by atoms with Gasteiger partial charge >= 0.3 is 0 Å². The third kappa shape index (κ3) is 4.73. The highest BCUT2D eigenvalue weighted by Crippen LogP contribution is 2.35. The molecule has 0 spiro atoms. The monoisotopic (exact) mass is 455 g/mol. The van der Waals surface area contributed by atoms with Crippen molar-refractivity contribution in [2.45, 2.75) is 58.5 Å². The molecule has 0 saturated carbocycles. The molecule has 3 heterocycles. The van der Waals surface area contributed by atoms with Crippen LogP contribution in [0.3, 0.4) is 0 Å². The van der Waals surface area contributed by atoms with E-state index in [-0.39, 0.29) is 0 Å². The summed E-state index contributed by atoms with van der Waals surface area (Å²) in [4.78, 5) is 18.6. The van der Waals surface area contributed by atoms with Crippen molar-refractivity contribution in [3.63, 3.8) is 0 Å². The zero-order valence-corrected chi connectivity index (χ0v) is 20.6. The number of pyridine rings is 2. The van der Waals surface area contributed by atoms with Crippen LogP contribution in [0.25, 0.3) is 21.8 Å². The highest BCUT2D eigenvalue weighted by Gasteiger charge is 2.28. The number of aromatic amines is 1. The Balaban J connectivity index is 1.43. The van der Waals surface area contributed by atoms with Gasteiger partial charge in [-0.2, -0.15) is 0 Å². The molecule has 178 valence electrons. The Morgan fingerprint density at radius 2 is 1.76 bits per heavy atom. The van der Waals surface area contributed by atoms with Gasteiger partial charge in [0, 0.05) is 35.2 Å². The minimum absolute atomic E-state index is 0.361. The number of rotatable bonds is 10. The van der Waals surface area contributed by atoms with Gasteiger partial charge in [0.15, 0.2) is 0 Å². The molecule has 1 aliphatic carbocycles. The molecule has 4 aromatic rings. The summed E-state index contributed by atoms with van der Waals surface area (Å²) in [5.74, 6) is 0. The summed E-state index contributed by atoms with van der Waals surface area (Å²) in [6.07, 6.45) is 9.90. The maximum atomic E-state index is 4.87. The van der Waals surface area contributed by atoms with Crippen LogP contribution in [0.2, 0.25) is 0 Å². The van der Waals surface area contributed by atoms with E-state index in [1.807, 2.05) is 12.4 Å². The fourth-order valence-corrected chi connectivity index (χ4v) is 5.62. The van der Waals surface area contributed by atoms with Crippen molar-refractivity contribution in [3.05, 3.63) is 71.8 Å². The van der Waals surface area contributed by atoms with E-state index in [2.05, 4.69) is 71.1 Å². The van der Waals surface area contributed by atoms with Crippen LogP contribution >= 0.6 is 0 Å². The predicted molar refractivity (Wildman–Crippen MR) is 141 cm³/mol. The van der Waals surface area contributed by atoms with Crippen LogP contribution in [-0.2, 0) is 13.0 Å². The quantitative estimate of drug-likeness (QED) is 0.293. The summed E-state index contributed by atoms with van der Waals surface area (Å²) in [6, 6.07) is 15.4. The van der Waals surface area contributed by atoms with E-state index in [4.69, 9.17) is 9.97 Å². The second-order valence-electron chi connectivity index (χ2n) is 9.51. The molecular weight excluding hydrogens is 418 g/mol. The van der Waals surface area contributed by atoms with Gasteiger partial charge in [-0.05, 0) is 82.0 Å². The van der Waals surface area contributed by atoms with Gasteiger partial charge < -0.3 is 9.88 Å². The average Bonchev–Trinajstić information content (AvgIpc) is 3.27. The minimum atomic E-state index is 0.361. The number of fused-ring (bicyclic) bond motifs is 4. The molecule has 1 atom stereocenters. The van der Waals surface area contributed by atoms with Crippen LogP contribution in [0, 0.1) is 0 Å². The topological polar surface area (TPSA) is 48.0 Å². The van der Waals surface area contributed by atoms with Gasteiger partial charge in [0.05, 0.1) is 22.9 Å². The molecule has 1 unspecified atom stereocenters. The molecule has 5 nitrogen and oxygen atoms in total. The first kappa shape index (κ1) is 23.0. The molecular formula is C29H37N5. The zero-order chi connectivity index (χ0) is 23.3. The van der Waals surface area contributed by atoms with Crippen molar-refractivity contribution in [2.24, 2.45) is 0 Å². The van der Waals surface area contributed by atoms with Gasteiger partial charge in [-0.15, -0.1) is 0 Å². The van der Waals surface area contributed by atoms with E-state index in [0.717, 1.165) is 38.3 Å². The number of hydrogen-bond acceptors (Lipinski definition) is 4. The average molecular weight is 456 g/mol. The summed E-state index contributed by atoms with van der Waals surface area (Å²) in [5, 5.41) is 2.54. The Kier molecular flexibility index (Phi) is 7.21. The summed E-state index contributed by atoms with van der Waals surface area (Å²) >= 11 is 0. The van der Waals surface area contributed by atoms with Crippen LogP contribution in [0.15, 0.2) is 54.9 Å². The number of benzene rings is 1. The molecule has 1 aromatic carbocycles. The SMILES string of the molecule is CCN(CC)CCCCN(Cc1nccc2c1[nH]c1ccccc12)C1CCCc2cccnc21. The highest BCUT2D eigenvalue weighted by atomic mass is 15.2. The zero-order valence-electron chi connectivity index (χ0n) is 20.6. The molecule has 0 fully saturated rings. The first-order valence-electron chi connectivity index (χ1n) is 13.0. The summed E-state index contributed by atoms with van der Waals surface area (Å²) in [7, 11) is 0. The third-order valence-corrected chi connectivity index (χ3v) is 7.53. The molecule has 1 aliphatic rings. The first-order chi connectivity index (χ1) is 16.8. The van der Waals surface area contributed by atoms with Crippen molar-refractivity contribution in [3.8, 4) is 0 Å².